The van der Waals surface area contributed by atoms with E-state index in [1.165, 1.54) is 51.4 Å². The van der Waals surface area contributed by atoms with E-state index in [4.69, 9.17) is 10.2 Å². The first kappa shape index (κ1) is 18.5. The lowest BCUT2D eigenvalue weighted by Crippen LogP contribution is -2.24. The molecule has 0 aliphatic heterocycles. The van der Waals surface area contributed by atoms with E-state index >= 15 is 0 Å². The van der Waals surface area contributed by atoms with E-state index in [1.54, 1.807) is 0 Å². The first-order valence-corrected chi connectivity index (χ1v) is 7.97. The molecular weight excluding hydrogens is 238 g/mol. The Morgan fingerprint density at radius 2 is 1.32 bits per heavy atom. The second kappa shape index (κ2) is 15.5. The number of hydrogen-bond acceptors (Lipinski definition) is 3. The summed E-state index contributed by atoms with van der Waals surface area (Å²) >= 11 is 0. The Labute approximate surface area is 119 Å². The number of aliphatic hydroxyl groups excluding tert-OH is 2. The molecule has 3 nitrogen and oxygen atoms in total. The normalized spacial score (nSPS) is 11.3. The maximum absolute atomic E-state index is 8.87. The van der Waals surface area contributed by atoms with Crippen molar-refractivity contribution in [3.8, 4) is 0 Å². The van der Waals surface area contributed by atoms with Crippen LogP contribution in [-0.4, -0.2) is 41.4 Å². The number of rotatable bonds is 14. The Bertz CT molecular complexity index is 189. The summed E-state index contributed by atoms with van der Waals surface area (Å²) in [6, 6.07) is 0. The number of hydrogen-bond donors (Lipinski definition) is 2. The molecule has 0 atom stereocenters. The SMILES string of the molecule is CCCCCCCCCCC=CN(CCO)CCO. The van der Waals surface area contributed by atoms with Gasteiger partial charge < -0.3 is 15.1 Å². The molecule has 0 aromatic carbocycles. The van der Waals surface area contributed by atoms with Crippen molar-refractivity contribution in [3.05, 3.63) is 12.3 Å². The van der Waals surface area contributed by atoms with Crippen molar-refractivity contribution in [2.45, 2.75) is 64.7 Å². The molecule has 0 aliphatic carbocycles. The number of allylic oxidation sites excluding steroid dienone is 1. The summed E-state index contributed by atoms with van der Waals surface area (Å²) in [4.78, 5) is 1.96. The third kappa shape index (κ3) is 13.7. The Balaban J connectivity index is 3.35. The predicted octanol–water partition coefficient (Wildman–Crippen LogP) is 3.32. The third-order valence-electron chi connectivity index (χ3n) is 3.31. The number of nitrogens with zero attached hydrogens (tertiary/aromatic N) is 1. The molecule has 0 saturated carbocycles. The monoisotopic (exact) mass is 271 g/mol. The third-order valence-corrected chi connectivity index (χ3v) is 3.31. The second-order valence-corrected chi connectivity index (χ2v) is 5.13. The van der Waals surface area contributed by atoms with Gasteiger partial charge in [0.05, 0.1) is 13.2 Å². The van der Waals surface area contributed by atoms with E-state index in [2.05, 4.69) is 13.0 Å². The molecule has 0 fully saturated rings. The van der Waals surface area contributed by atoms with Crippen molar-refractivity contribution in [1.82, 2.24) is 4.90 Å². The minimum atomic E-state index is 0.141. The molecule has 0 heterocycles. The Hall–Kier alpha value is -0.540. The highest BCUT2D eigenvalue weighted by atomic mass is 16.3. The molecule has 0 amide bonds. The minimum absolute atomic E-state index is 0.141. The van der Waals surface area contributed by atoms with Crippen LogP contribution in [0, 0.1) is 0 Å². The summed E-state index contributed by atoms with van der Waals surface area (Å²) in [6.45, 7) is 3.75. The highest BCUT2D eigenvalue weighted by molar-refractivity contribution is 4.82. The zero-order valence-electron chi connectivity index (χ0n) is 12.7. The van der Waals surface area contributed by atoms with E-state index in [-0.39, 0.29) is 13.2 Å². The van der Waals surface area contributed by atoms with Crippen molar-refractivity contribution in [1.29, 1.82) is 0 Å². The molecule has 114 valence electrons. The van der Waals surface area contributed by atoms with Gasteiger partial charge in [-0.15, -0.1) is 0 Å². The summed E-state index contributed by atoms with van der Waals surface area (Å²) in [7, 11) is 0. The fourth-order valence-electron chi connectivity index (χ4n) is 2.14. The van der Waals surface area contributed by atoms with Crippen LogP contribution in [0.15, 0.2) is 12.3 Å². The number of unbranched alkanes of at least 4 members (excludes halogenated alkanes) is 8. The van der Waals surface area contributed by atoms with Crippen LogP contribution >= 0.6 is 0 Å². The molecule has 0 saturated heterocycles. The van der Waals surface area contributed by atoms with Gasteiger partial charge in [-0.3, -0.25) is 0 Å². The fourth-order valence-corrected chi connectivity index (χ4v) is 2.14. The molecule has 0 aliphatic rings. The highest BCUT2D eigenvalue weighted by Gasteiger charge is 1.96. The molecule has 19 heavy (non-hydrogen) atoms. The standard InChI is InChI=1S/C16H33NO2/c1-2-3-4-5-6-7-8-9-10-11-12-17(13-15-18)14-16-19/h11-12,18-19H,2-10,13-16H2,1H3. The van der Waals surface area contributed by atoms with Crippen molar-refractivity contribution < 1.29 is 10.2 Å². The molecular formula is C16H33NO2. The molecule has 0 unspecified atom stereocenters. The lowest BCUT2D eigenvalue weighted by Gasteiger charge is -2.17. The maximum Gasteiger partial charge on any atom is 0.0606 e. The highest BCUT2D eigenvalue weighted by Crippen LogP contribution is 2.09. The molecule has 0 bridgehead atoms. The summed E-state index contributed by atoms with van der Waals surface area (Å²) < 4.78 is 0. The van der Waals surface area contributed by atoms with Gasteiger partial charge >= 0.3 is 0 Å². The van der Waals surface area contributed by atoms with Crippen LogP contribution < -0.4 is 0 Å². The number of aliphatic hydroxyl groups is 2. The molecule has 2 N–H and O–H groups in total. The van der Waals surface area contributed by atoms with Crippen LogP contribution in [0.3, 0.4) is 0 Å². The largest absolute Gasteiger partial charge is 0.395 e. The summed E-state index contributed by atoms with van der Waals surface area (Å²) in [5, 5.41) is 17.7. The first-order valence-electron chi connectivity index (χ1n) is 7.97. The smallest absolute Gasteiger partial charge is 0.0606 e. The molecule has 0 rings (SSSR count). The van der Waals surface area contributed by atoms with Gasteiger partial charge in [0.25, 0.3) is 0 Å². The maximum atomic E-state index is 8.87. The van der Waals surface area contributed by atoms with E-state index in [1.807, 2.05) is 11.1 Å². The van der Waals surface area contributed by atoms with Crippen LogP contribution in [0.5, 0.6) is 0 Å². The summed E-state index contributed by atoms with van der Waals surface area (Å²) in [6.07, 6.45) is 16.1. The molecule has 0 aromatic heterocycles. The fraction of sp³-hybridized carbons (Fsp3) is 0.875. The minimum Gasteiger partial charge on any atom is -0.395 e. The average molecular weight is 271 g/mol. The molecule has 3 heteroatoms. The lowest BCUT2D eigenvalue weighted by molar-refractivity contribution is 0.198. The van der Waals surface area contributed by atoms with Gasteiger partial charge in [0.1, 0.15) is 0 Å². The van der Waals surface area contributed by atoms with Crippen molar-refractivity contribution in [2.75, 3.05) is 26.3 Å². The zero-order chi connectivity index (χ0) is 14.2. The lowest BCUT2D eigenvalue weighted by atomic mass is 10.1. The van der Waals surface area contributed by atoms with Crippen LogP contribution in [0.1, 0.15) is 64.7 Å². The summed E-state index contributed by atoms with van der Waals surface area (Å²) in [5.74, 6) is 0. The predicted molar refractivity (Wildman–Crippen MR) is 82.1 cm³/mol. The van der Waals surface area contributed by atoms with E-state index in [9.17, 15) is 0 Å². The zero-order valence-corrected chi connectivity index (χ0v) is 12.7. The molecule has 0 aromatic rings. The van der Waals surface area contributed by atoms with Crippen molar-refractivity contribution in [2.24, 2.45) is 0 Å². The average Bonchev–Trinajstić information content (AvgIpc) is 2.41. The van der Waals surface area contributed by atoms with Crippen LogP contribution in [0.4, 0.5) is 0 Å². The quantitative estimate of drug-likeness (QED) is 0.476. The Morgan fingerprint density at radius 3 is 1.84 bits per heavy atom. The Morgan fingerprint density at radius 1 is 0.789 bits per heavy atom. The van der Waals surface area contributed by atoms with Gasteiger partial charge in [-0.25, -0.2) is 0 Å². The van der Waals surface area contributed by atoms with Gasteiger partial charge in [0, 0.05) is 13.1 Å². The van der Waals surface area contributed by atoms with Gasteiger partial charge in [0.15, 0.2) is 0 Å². The van der Waals surface area contributed by atoms with Crippen molar-refractivity contribution >= 4 is 0 Å². The van der Waals surface area contributed by atoms with Gasteiger partial charge in [0.2, 0.25) is 0 Å². The molecule has 0 spiro atoms. The van der Waals surface area contributed by atoms with Crippen molar-refractivity contribution in [3.63, 3.8) is 0 Å². The second-order valence-electron chi connectivity index (χ2n) is 5.13. The Kier molecular flexibility index (Phi) is 15.1. The first-order chi connectivity index (χ1) is 9.35. The van der Waals surface area contributed by atoms with Gasteiger partial charge in [-0.05, 0) is 19.0 Å². The van der Waals surface area contributed by atoms with E-state index < -0.39 is 0 Å². The van der Waals surface area contributed by atoms with Gasteiger partial charge in [-0.1, -0.05) is 57.9 Å². The van der Waals surface area contributed by atoms with Gasteiger partial charge in [-0.2, -0.15) is 0 Å². The topological polar surface area (TPSA) is 43.7 Å². The van der Waals surface area contributed by atoms with Crippen LogP contribution in [0.2, 0.25) is 0 Å². The van der Waals surface area contributed by atoms with Crippen LogP contribution in [0.25, 0.3) is 0 Å². The van der Waals surface area contributed by atoms with E-state index in [0.29, 0.717) is 13.1 Å². The molecule has 0 radical (unpaired) electrons. The van der Waals surface area contributed by atoms with Crippen LogP contribution in [-0.2, 0) is 0 Å². The van der Waals surface area contributed by atoms with E-state index in [0.717, 1.165) is 6.42 Å². The summed E-state index contributed by atoms with van der Waals surface area (Å²) in [5.41, 5.74) is 0.